The highest BCUT2D eigenvalue weighted by molar-refractivity contribution is 7.10. The van der Waals surface area contributed by atoms with E-state index < -0.39 is 0 Å². The van der Waals surface area contributed by atoms with Gasteiger partial charge in [0.1, 0.15) is 5.76 Å². The van der Waals surface area contributed by atoms with Crippen LogP contribution < -0.4 is 10.2 Å². The van der Waals surface area contributed by atoms with Gasteiger partial charge in [-0.15, -0.1) is 11.3 Å². The molecule has 0 spiro atoms. The summed E-state index contributed by atoms with van der Waals surface area (Å²) in [6.07, 6.45) is 3.73. The molecule has 1 aliphatic rings. The predicted molar refractivity (Wildman–Crippen MR) is 118 cm³/mol. The molecule has 156 valence electrons. The maximum absolute atomic E-state index is 13.1. The quantitative estimate of drug-likeness (QED) is 0.622. The standard InChI is InChI=1S/C23H25N3O3S/c1-25(22(27)16-26-12-4-10-20(26)21-11-6-14-30-21)19-9-3-2-8-18(19)23(28)24-15-17-7-5-13-29-17/h2-3,5-9,11,13-14,20H,4,10,12,15-16H2,1H3,(H,24,28). The zero-order valence-electron chi connectivity index (χ0n) is 16.9. The Hall–Kier alpha value is -2.90. The Morgan fingerprint density at radius 1 is 1.20 bits per heavy atom. The van der Waals surface area contributed by atoms with Crippen molar-refractivity contribution in [3.63, 3.8) is 0 Å². The minimum Gasteiger partial charge on any atom is -0.467 e. The molecule has 1 fully saturated rings. The smallest absolute Gasteiger partial charge is 0.253 e. The summed E-state index contributed by atoms with van der Waals surface area (Å²) in [5.74, 6) is 0.419. The van der Waals surface area contributed by atoms with Crippen molar-refractivity contribution in [3.8, 4) is 0 Å². The van der Waals surface area contributed by atoms with Gasteiger partial charge in [0.25, 0.3) is 5.91 Å². The number of rotatable bonds is 7. The number of likely N-dealkylation sites (N-methyl/N-ethyl adjacent to an activating group) is 1. The molecule has 0 radical (unpaired) electrons. The number of para-hydroxylation sites is 1. The van der Waals surface area contributed by atoms with E-state index in [9.17, 15) is 9.59 Å². The lowest BCUT2D eigenvalue weighted by atomic mass is 10.1. The van der Waals surface area contributed by atoms with E-state index in [-0.39, 0.29) is 11.8 Å². The Morgan fingerprint density at radius 3 is 2.83 bits per heavy atom. The second-order valence-corrected chi connectivity index (χ2v) is 8.36. The number of nitrogens with one attached hydrogen (secondary N) is 1. The van der Waals surface area contributed by atoms with Gasteiger partial charge in [-0.05, 0) is 55.1 Å². The average Bonchev–Trinajstić information content (AvgIpc) is 3.54. The van der Waals surface area contributed by atoms with Crippen LogP contribution in [0.5, 0.6) is 0 Å². The number of hydrogen-bond acceptors (Lipinski definition) is 5. The largest absolute Gasteiger partial charge is 0.467 e. The Kier molecular flexibility index (Phi) is 6.30. The van der Waals surface area contributed by atoms with Gasteiger partial charge in [-0.3, -0.25) is 14.5 Å². The van der Waals surface area contributed by atoms with Gasteiger partial charge in [-0.25, -0.2) is 0 Å². The lowest BCUT2D eigenvalue weighted by molar-refractivity contribution is -0.119. The van der Waals surface area contributed by atoms with E-state index in [0.717, 1.165) is 19.4 Å². The summed E-state index contributed by atoms with van der Waals surface area (Å²) in [7, 11) is 1.73. The lowest BCUT2D eigenvalue weighted by Crippen LogP contribution is -2.39. The first-order chi connectivity index (χ1) is 14.6. The Bertz CT molecular complexity index is 985. The molecule has 3 heterocycles. The first-order valence-electron chi connectivity index (χ1n) is 10.1. The van der Waals surface area contributed by atoms with E-state index in [4.69, 9.17) is 4.42 Å². The highest BCUT2D eigenvalue weighted by Crippen LogP contribution is 2.34. The summed E-state index contributed by atoms with van der Waals surface area (Å²) in [4.78, 5) is 31.0. The van der Waals surface area contributed by atoms with Crippen LogP contribution in [0.15, 0.2) is 64.6 Å². The number of likely N-dealkylation sites (tertiary alicyclic amines) is 1. The number of benzene rings is 1. The van der Waals surface area contributed by atoms with Crippen molar-refractivity contribution < 1.29 is 14.0 Å². The Morgan fingerprint density at radius 2 is 2.07 bits per heavy atom. The molecule has 2 aromatic heterocycles. The van der Waals surface area contributed by atoms with Crippen molar-refractivity contribution in [2.45, 2.75) is 25.4 Å². The molecule has 1 aliphatic heterocycles. The zero-order chi connectivity index (χ0) is 20.9. The van der Waals surface area contributed by atoms with Gasteiger partial charge in [-0.2, -0.15) is 0 Å². The van der Waals surface area contributed by atoms with Crippen LogP contribution in [-0.4, -0.2) is 36.9 Å². The number of nitrogens with zero attached hydrogens (tertiary/aromatic N) is 2. The minimum absolute atomic E-state index is 0.0234. The molecule has 1 atom stereocenters. The second-order valence-electron chi connectivity index (χ2n) is 7.38. The summed E-state index contributed by atoms with van der Waals surface area (Å²) < 4.78 is 5.27. The molecule has 2 amide bonds. The van der Waals surface area contributed by atoms with E-state index in [1.165, 1.54) is 4.88 Å². The number of carbonyl (C=O) groups excluding carboxylic acids is 2. The molecular weight excluding hydrogens is 398 g/mol. The topological polar surface area (TPSA) is 65.8 Å². The van der Waals surface area contributed by atoms with E-state index in [0.29, 0.717) is 36.1 Å². The molecule has 6 nitrogen and oxygen atoms in total. The van der Waals surface area contributed by atoms with Crippen molar-refractivity contribution in [2.24, 2.45) is 0 Å². The summed E-state index contributed by atoms with van der Waals surface area (Å²) in [6, 6.07) is 15.3. The van der Waals surface area contributed by atoms with Crippen LogP contribution >= 0.6 is 11.3 Å². The highest BCUT2D eigenvalue weighted by Gasteiger charge is 2.29. The SMILES string of the molecule is CN(C(=O)CN1CCCC1c1cccs1)c1ccccc1C(=O)NCc1ccco1. The summed E-state index contributed by atoms with van der Waals surface area (Å²) in [5, 5.41) is 4.94. The molecule has 1 unspecified atom stereocenters. The molecule has 0 aliphatic carbocycles. The summed E-state index contributed by atoms with van der Waals surface area (Å²) >= 11 is 1.74. The van der Waals surface area contributed by atoms with Gasteiger partial charge in [0.2, 0.25) is 5.91 Å². The number of amides is 2. The highest BCUT2D eigenvalue weighted by atomic mass is 32.1. The molecule has 3 aromatic rings. The zero-order valence-corrected chi connectivity index (χ0v) is 17.7. The van der Waals surface area contributed by atoms with Crippen molar-refractivity contribution in [1.29, 1.82) is 0 Å². The minimum atomic E-state index is -0.237. The fraction of sp³-hybridized carbons (Fsp3) is 0.304. The normalized spacial score (nSPS) is 16.5. The van der Waals surface area contributed by atoms with Gasteiger partial charge < -0.3 is 14.6 Å². The van der Waals surface area contributed by atoms with E-state index in [2.05, 4.69) is 27.7 Å². The van der Waals surface area contributed by atoms with Gasteiger partial charge in [0.05, 0.1) is 30.6 Å². The Labute approximate surface area is 180 Å². The maximum Gasteiger partial charge on any atom is 0.253 e. The summed E-state index contributed by atoms with van der Waals surface area (Å²) in [6.45, 7) is 1.54. The maximum atomic E-state index is 13.1. The van der Waals surface area contributed by atoms with Gasteiger partial charge in [-0.1, -0.05) is 18.2 Å². The molecule has 1 saturated heterocycles. The van der Waals surface area contributed by atoms with Gasteiger partial charge in [0.15, 0.2) is 0 Å². The molecule has 0 bridgehead atoms. The number of carbonyl (C=O) groups is 2. The van der Waals surface area contributed by atoms with Crippen molar-refractivity contribution in [2.75, 3.05) is 25.0 Å². The van der Waals surface area contributed by atoms with Crippen molar-refractivity contribution in [3.05, 3.63) is 76.4 Å². The van der Waals surface area contributed by atoms with Gasteiger partial charge in [0, 0.05) is 18.0 Å². The van der Waals surface area contributed by atoms with Crippen LogP contribution in [-0.2, 0) is 11.3 Å². The first-order valence-corrected chi connectivity index (χ1v) is 10.9. The third-order valence-corrected chi connectivity index (χ3v) is 6.43. The van der Waals surface area contributed by atoms with Crippen LogP contribution in [0.25, 0.3) is 0 Å². The molecule has 30 heavy (non-hydrogen) atoms. The van der Waals surface area contributed by atoms with Crippen LogP contribution in [0.3, 0.4) is 0 Å². The number of furan rings is 1. The molecule has 4 rings (SSSR count). The third kappa shape index (κ3) is 4.47. The Balaban J connectivity index is 1.44. The second kappa shape index (κ2) is 9.28. The fourth-order valence-electron chi connectivity index (χ4n) is 3.87. The van der Waals surface area contributed by atoms with Crippen molar-refractivity contribution in [1.82, 2.24) is 10.2 Å². The molecular formula is C23H25N3O3S. The molecule has 1 aromatic carbocycles. The van der Waals surface area contributed by atoms with E-state index >= 15 is 0 Å². The third-order valence-electron chi connectivity index (χ3n) is 5.46. The predicted octanol–water partition coefficient (Wildman–Crippen LogP) is 4.07. The fourth-order valence-corrected chi connectivity index (χ4v) is 4.76. The monoisotopic (exact) mass is 423 g/mol. The lowest BCUT2D eigenvalue weighted by Gasteiger charge is -2.27. The first kappa shape index (κ1) is 20.4. The van der Waals surface area contributed by atoms with Crippen LogP contribution in [0.4, 0.5) is 5.69 Å². The molecule has 1 N–H and O–H groups in total. The average molecular weight is 424 g/mol. The van der Waals surface area contributed by atoms with E-state index in [1.807, 2.05) is 12.1 Å². The molecule has 7 heteroatoms. The van der Waals surface area contributed by atoms with E-state index in [1.54, 1.807) is 53.8 Å². The molecule has 0 saturated carbocycles. The number of hydrogen-bond donors (Lipinski definition) is 1. The van der Waals surface area contributed by atoms with Crippen LogP contribution in [0.1, 0.15) is 39.9 Å². The number of thiophene rings is 1. The van der Waals surface area contributed by atoms with Crippen LogP contribution in [0, 0.1) is 0 Å². The number of anilines is 1. The van der Waals surface area contributed by atoms with Crippen LogP contribution in [0.2, 0.25) is 0 Å². The summed E-state index contributed by atoms with van der Waals surface area (Å²) in [5.41, 5.74) is 1.07. The van der Waals surface area contributed by atoms with Gasteiger partial charge >= 0.3 is 0 Å². The van der Waals surface area contributed by atoms with Crippen molar-refractivity contribution >= 4 is 28.8 Å².